The highest BCUT2D eigenvalue weighted by Crippen LogP contribution is 2.24. The van der Waals surface area contributed by atoms with Gasteiger partial charge in [0.1, 0.15) is 12.1 Å². The summed E-state index contributed by atoms with van der Waals surface area (Å²) in [5.74, 6) is -2.90. The Kier molecular flexibility index (Phi) is 14.9. The van der Waals surface area contributed by atoms with Crippen LogP contribution in [0.4, 0.5) is 0 Å². The Labute approximate surface area is 260 Å². The number of Topliss-reactive ketones (excluding diaryl/α,β-unsaturated/α-hetero) is 1. The second-order valence-corrected chi connectivity index (χ2v) is 11.2. The second kappa shape index (κ2) is 18.0. The van der Waals surface area contributed by atoms with Gasteiger partial charge in [0.2, 0.25) is 17.6 Å². The Hall–Kier alpha value is -3.89. The van der Waals surface area contributed by atoms with E-state index in [1.54, 1.807) is 64.2 Å². The van der Waals surface area contributed by atoms with Crippen molar-refractivity contribution in [3.8, 4) is 0 Å². The lowest BCUT2D eigenvalue weighted by atomic mass is 9.90. The van der Waals surface area contributed by atoms with E-state index in [0.717, 1.165) is 6.08 Å². The monoisotopic (exact) mass is 610 g/mol. The highest BCUT2D eigenvalue weighted by Gasteiger charge is 2.30. The van der Waals surface area contributed by atoms with Crippen molar-refractivity contribution in [3.63, 3.8) is 0 Å². The number of hydrogen-bond acceptors (Lipinski definition) is 8. The number of nitrogens with one attached hydrogen (secondary N) is 2. The van der Waals surface area contributed by atoms with Crippen LogP contribution >= 0.6 is 0 Å². The van der Waals surface area contributed by atoms with Gasteiger partial charge in [0.15, 0.2) is 5.78 Å². The van der Waals surface area contributed by atoms with Gasteiger partial charge in [-0.15, -0.1) is 0 Å². The summed E-state index contributed by atoms with van der Waals surface area (Å²) < 4.78 is 11.2. The molecule has 240 valence electrons. The maximum atomic E-state index is 13.0. The maximum Gasteiger partial charge on any atom is 0.328 e. The molecule has 0 radical (unpaired) electrons. The van der Waals surface area contributed by atoms with Crippen molar-refractivity contribution in [2.24, 2.45) is 11.8 Å². The summed E-state index contributed by atoms with van der Waals surface area (Å²) in [5, 5.41) is 16.4. The number of amides is 2. The fourth-order valence-electron chi connectivity index (χ4n) is 4.58. The quantitative estimate of drug-likeness (QED) is 0.234. The first kappa shape index (κ1) is 36.3. The summed E-state index contributed by atoms with van der Waals surface area (Å²) in [6, 6.07) is -0.866. The molecule has 10 heteroatoms. The van der Waals surface area contributed by atoms with Gasteiger partial charge in [-0.1, -0.05) is 63.3 Å². The molecule has 2 rings (SSSR count). The fourth-order valence-corrected chi connectivity index (χ4v) is 4.58. The van der Waals surface area contributed by atoms with Crippen LogP contribution in [0.3, 0.4) is 0 Å². The van der Waals surface area contributed by atoms with Crippen LogP contribution < -0.4 is 10.6 Å². The van der Waals surface area contributed by atoms with E-state index in [1.807, 2.05) is 13.0 Å². The van der Waals surface area contributed by atoms with Crippen molar-refractivity contribution in [3.05, 3.63) is 71.5 Å². The van der Waals surface area contributed by atoms with Gasteiger partial charge in [-0.25, -0.2) is 4.79 Å². The maximum absolute atomic E-state index is 13.0. The molecule has 1 aliphatic carbocycles. The van der Waals surface area contributed by atoms with Crippen molar-refractivity contribution < 1.29 is 38.6 Å². The van der Waals surface area contributed by atoms with E-state index in [1.165, 1.54) is 13.2 Å². The predicted molar refractivity (Wildman–Crippen MR) is 167 cm³/mol. The van der Waals surface area contributed by atoms with E-state index in [9.17, 15) is 29.1 Å². The zero-order valence-electron chi connectivity index (χ0n) is 26.5. The van der Waals surface area contributed by atoms with Crippen molar-refractivity contribution in [1.82, 2.24) is 10.6 Å². The molecular weight excluding hydrogens is 564 g/mol. The van der Waals surface area contributed by atoms with Crippen LogP contribution in [0, 0.1) is 11.8 Å². The molecule has 0 aromatic heterocycles. The first-order chi connectivity index (χ1) is 20.9. The van der Waals surface area contributed by atoms with E-state index >= 15 is 0 Å². The second-order valence-electron chi connectivity index (χ2n) is 11.2. The zero-order chi connectivity index (χ0) is 32.8. The summed E-state index contributed by atoms with van der Waals surface area (Å²) in [6.45, 7) is 8.76. The SMILES string of the molecule is CC[C@H](C)C(=O)N[C@H](C)C(=O)O[C@H]1C/C=C/C=C/C=C/[C@H](OC)CC(=O)NC2=CC(=O)C=C(CC/C=C(/C)[C@H](O)[C@@H]1C)C2=O. The van der Waals surface area contributed by atoms with E-state index in [4.69, 9.17) is 9.47 Å². The van der Waals surface area contributed by atoms with Crippen LogP contribution in [0.25, 0.3) is 0 Å². The summed E-state index contributed by atoms with van der Waals surface area (Å²) >= 11 is 0. The van der Waals surface area contributed by atoms with Gasteiger partial charge >= 0.3 is 5.97 Å². The van der Waals surface area contributed by atoms with Gasteiger partial charge < -0.3 is 25.2 Å². The number of ether oxygens (including phenoxy) is 2. The number of esters is 1. The molecule has 2 aliphatic rings. The van der Waals surface area contributed by atoms with E-state index in [0.29, 0.717) is 24.8 Å². The first-order valence-corrected chi connectivity index (χ1v) is 15.1. The minimum absolute atomic E-state index is 0.0600. The van der Waals surface area contributed by atoms with Gasteiger partial charge in [0.25, 0.3) is 0 Å². The van der Waals surface area contributed by atoms with Crippen LogP contribution in [0.2, 0.25) is 0 Å². The van der Waals surface area contributed by atoms with Crippen molar-refractivity contribution in [2.75, 3.05) is 7.11 Å². The molecule has 1 heterocycles. The summed E-state index contributed by atoms with van der Waals surface area (Å²) in [7, 11) is 1.46. The normalized spacial score (nSPS) is 28.8. The summed E-state index contributed by atoms with van der Waals surface area (Å²) in [4.78, 5) is 63.2. The molecule has 1 aliphatic heterocycles. The molecule has 0 saturated carbocycles. The van der Waals surface area contributed by atoms with E-state index in [2.05, 4.69) is 10.6 Å². The molecule has 0 saturated heterocycles. The highest BCUT2D eigenvalue weighted by atomic mass is 16.5. The number of aliphatic hydroxyl groups is 1. The van der Waals surface area contributed by atoms with E-state index < -0.39 is 53.7 Å². The smallest absolute Gasteiger partial charge is 0.328 e. The Balaban J connectivity index is 2.32. The van der Waals surface area contributed by atoms with Crippen molar-refractivity contribution in [1.29, 1.82) is 0 Å². The van der Waals surface area contributed by atoms with Gasteiger partial charge in [-0.2, -0.15) is 0 Å². The van der Waals surface area contributed by atoms with Crippen LogP contribution in [0.5, 0.6) is 0 Å². The van der Waals surface area contributed by atoms with Crippen LogP contribution in [0.15, 0.2) is 71.5 Å². The highest BCUT2D eigenvalue weighted by molar-refractivity contribution is 6.21. The molecule has 6 atom stereocenters. The number of ketones is 2. The Morgan fingerprint density at radius 2 is 1.82 bits per heavy atom. The molecule has 2 bridgehead atoms. The number of methoxy groups -OCH3 is 1. The fraction of sp³-hybridized carbons (Fsp3) is 0.500. The molecule has 0 aromatic carbocycles. The van der Waals surface area contributed by atoms with Crippen LogP contribution in [-0.2, 0) is 33.4 Å². The van der Waals surface area contributed by atoms with Crippen molar-refractivity contribution in [2.45, 2.75) is 91.1 Å². The molecule has 0 unspecified atom stereocenters. The lowest BCUT2D eigenvalue weighted by Gasteiger charge is -2.29. The lowest BCUT2D eigenvalue weighted by Crippen LogP contribution is -2.44. The number of carbonyl (C=O) groups is 5. The molecule has 0 aromatic rings. The van der Waals surface area contributed by atoms with Gasteiger partial charge in [-0.3, -0.25) is 19.2 Å². The minimum Gasteiger partial charge on any atom is -0.460 e. The molecule has 0 spiro atoms. The molecule has 10 nitrogen and oxygen atoms in total. The van der Waals surface area contributed by atoms with Gasteiger partial charge in [0, 0.05) is 37.0 Å². The summed E-state index contributed by atoms with van der Waals surface area (Å²) in [6.07, 6.45) is 13.8. The largest absolute Gasteiger partial charge is 0.460 e. The number of allylic oxidation sites excluding steroid dienone is 8. The molecule has 3 N–H and O–H groups in total. The number of rotatable bonds is 6. The third-order valence-electron chi connectivity index (χ3n) is 7.74. The third kappa shape index (κ3) is 11.3. The molecular formula is C34H46N2O8. The van der Waals surface area contributed by atoms with Crippen molar-refractivity contribution >= 4 is 29.4 Å². The topological polar surface area (TPSA) is 148 Å². The van der Waals surface area contributed by atoms with Gasteiger partial charge in [0.05, 0.1) is 24.3 Å². The lowest BCUT2D eigenvalue weighted by molar-refractivity contribution is -0.156. The average Bonchev–Trinajstić information content (AvgIpc) is 2.99. The number of aliphatic hydroxyl groups excluding tert-OH is 1. The molecule has 44 heavy (non-hydrogen) atoms. The Morgan fingerprint density at radius 3 is 2.50 bits per heavy atom. The van der Waals surface area contributed by atoms with Crippen LogP contribution in [-0.4, -0.2) is 65.9 Å². The van der Waals surface area contributed by atoms with Crippen LogP contribution in [0.1, 0.15) is 66.7 Å². The predicted octanol–water partition coefficient (Wildman–Crippen LogP) is 3.73. The number of hydrogen-bond donors (Lipinski definition) is 3. The standard InChI is InChI=1S/C34H46N2O8/c1-7-21(2)33(41)35-24(5)34(42)44-29-17-12-10-8-9-11-16-27(43-6)20-30(38)36-28-19-26(37)18-25(32(28)40)15-13-14-22(3)31(39)23(29)4/h8-12,14,16,18-19,21,23-24,27,29,31,39H,7,13,15,17,20H2,1-6H3,(H,35,41)(H,36,38)/b9-8+,12-10+,16-11+,22-14-/t21-,23+,24+,27-,29-,31-/m0/s1. The van der Waals surface area contributed by atoms with E-state index in [-0.39, 0.29) is 35.9 Å². The first-order valence-electron chi connectivity index (χ1n) is 15.1. The zero-order valence-corrected chi connectivity index (χ0v) is 26.5. The molecule has 2 amide bonds. The Morgan fingerprint density at radius 1 is 1.11 bits per heavy atom. The Bertz CT molecular complexity index is 1260. The van der Waals surface area contributed by atoms with Gasteiger partial charge in [-0.05, 0) is 44.8 Å². The molecule has 0 fully saturated rings. The summed E-state index contributed by atoms with van der Waals surface area (Å²) in [5.41, 5.74) is 0.784. The number of fused-ring (bicyclic) bond motifs is 2. The minimum atomic E-state index is -0.975. The number of carbonyl (C=O) groups excluding carboxylic acids is 5. The third-order valence-corrected chi connectivity index (χ3v) is 7.74. The average molecular weight is 611 g/mol.